The molecular weight excluding hydrogens is 241 g/mol. The van der Waals surface area contributed by atoms with Crippen molar-refractivity contribution in [2.75, 3.05) is 7.05 Å². The van der Waals surface area contributed by atoms with Gasteiger partial charge >= 0.3 is 0 Å². The Labute approximate surface area is 113 Å². The molecule has 1 aromatic carbocycles. The van der Waals surface area contributed by atoms with Crippen molar-refractivity contribution in [3.05, 3.63) is 41.5 Å². The molecule has 1 aromatic heterocycles. The summed E-state index contributed by atoms with van der Waals surface area (Å²) in [5, 5.41) is 7.54. The van der Waals surface area contributed by atoms with Gasteiger partial charge in [-0.2, -0.15) is 5.10 Å². The zero-order valence-electron chi connectivity index (χ0n) is 11.9. The second kappa shape index (κ2) is 5.53. The quantitative estimate of drug-likeness (QED) is 0.915. The molecule has 0 amide bonds. The third-order valence-corrected chi connectivity index (χ3v) is 3.48. The summed E-state index contributed by atoms with van der Waals surface area (Å²) in [5.41, 5.74) is 3.42. The number of rotatable bonds is 4. The summed E-state index contributed by atoms with van der Waals surface area (Å²) >= 11 is 0. The van der Waals surface area contributed by atoms with Crippen LogP contribution in [0.3, 0.4) is 0 Å². The average Bonchev–Trinajstić information content (AvgIpc) is 2.79. The van der Waals surface area contributed by atoms with Crippen molar-refractivity contribution in [2.45, 2.75) is 33.4 Å². The molecule has 102 valence electrons. The van der Waals surface area contributed by atoms with E-state index in [0.717, 1.165) is 23.4 Å². The molecule has 0 aliphatic heterocycles. The summed E-state index contributed by atoms with van der Waals surface area (Å²) in [5.74, 6) is -0.203. The van der Waals surface area contributed by atoms with Crippen LogP contribution in [0.5, 0.6) is 0 Å². The Balaban J connectivity index is 2.51. The first-order chi connectivity index (χ1) is 9.06. The number of nitrogens with zero attached hydrogens (tertiary/aromatic N) is 2. The summed E-state index contributed by atoms with van der Waals surface area (Å²) in [6, 6.07) is 5.45. The highest BCUT2D eigenvalue weighted by atomic mass is 19.1. The minimum Gasteiger partial charge on any atom is -0.313 e. The predicted octanol–water partition coefficient (Wildman–Crippen LogP) is 3.30. The highest BCUT2D eigenvalue weighted by molar-refractivity contribution is 5.66. The van der Waals surface area contributed by atoms with Gasteiger partial charge in [0, 0.05) is 29.9 Å². The van der Waals surface area contributed by atoms with Gasteiger partial charge in [-0.3, -0.25) is 4.68 Å². The molecule has 1 unspecified atom stereocenters. The van der Waals surface area contributed by atoms with Crippen LogP contribution in [-0.2, 0) is 6.54 Å². The van der Waals surface area contributed by atoms with Crippen LogP contribution in [0.15, 0.2) is 24.4 Å². The van der Waals surface area contributed by atoms with Crippen LogP contribution in [0.25, 0.3) is 11.1 Å². The van der Waals surface area contributed by atoms with Crippen LogP contribution in [0.4, 0.5) is 4.39 Å². The lowest BCUT2D eigenvalue weighted by Gasteiger charge is -2.12. The molecule has 0 aliphatic rings. The molecule has 4 heteroatoms. The standard InChI is InChI=1S/C15H20FN3/c1-5-19-9-14(11(3)18-19)13-8-12(10(2)17-4)6-7-15(13)16/h6-10,17H,5H2,1-4H3. The minimum absolute atomic E-state index is 0.195. The van der Waals surface area contributed by atoms with E-state index in [9.17, 15) is 4.39 Å². The molecule has 1 N–H and O–H groups in total. The fraction of sp³-hybridized carbons (Fsp3) is 0.400. The molecule has 0 bridgehead atoms. The van der Waals surface area contributed by atoms with Crippen LogP contribution in [0, 0.1) is 12.7 Å². The summed E-state index contributed by atoms with van der Waals surface area (Å²) in [7, 11) is 1.90. The Morgan fingerprint density at radius 3 is 2.68 bits per heavy atom. The Hall–Kier alpha value is -1.68. The van der Waals surface area contributed by atoms with Gasteiger partial charge in [-0.15, -0.1) is 0 Å². The number of hydrogen-bond donors (Lipinski definition) is 1. The molecule has 19 heavy (non-hydrogen) atoms. The largest absolute Gasteiger partial charge is 0.313 e. The lowest BCUT2D eigenvalue weighted by Crippen LogP contribution is -2.12. The fourth-order valence-corrected chi connectivity index (χ4v) is 2.13. The van der Waals surface area contributed by atoms with Gasteiger partial charge in [0.1, 0.15) is 5.82 Å². The van der Waals surface area contributed by atoms with Gasteiger partial charge in [0.15, 0.2) is 0 Å². The zero-order valence-corrected chi connectivity index (χ0v) is 11.9. The van der Waals surface area contributed by atoms with E-state index < -0.39 is 0 Å². The predicted molar refractivity (Wildman–Crippen MR) is 75.5 cm³/mol. The highest BCUT2D eigenvalue weighted by Crippen LogP contribution is 2.28. The number of benzene rings is 1. The third-order valence-electron chi connectivity index (χ3n) is 3.48. The summed E-state index contributed by atoms with van der Waals surface area (Å²) in [4.78, 5) is 0. The van der Waals surface area contributed by atoms with Crippen molar-refractivity contribution in [3.8, 4) is 11.1 Å². The van der Waals surface area contributed by atoms with E-state index in [-0.39, 0.29) is 11.9 Å². The van der Waals surface area contributed by atoms with Gasteiger partial charge in [-0.05, 0) is 45.5 Å². The van der Waals surface area contributed by atoms with Crippen LogP contribution < -0.4 is 5.32 Å². The lowest BCUT2D eigenvalue weighted by atomic mass is 10.00. The monoisotopic (exact) mass is 261 g/mol. The second-order valence-electron chi connectivity index (χ2n) is 4.73. The Bertz CT molecular complexity index is 575. The normalized spacial score (nSPS) is 12.7. The number of halogens is 1. The van der Waals surface area contributed by atoms with E-state index in [4.69, 9.17) is 0 Å². The maximum atomic E-state index is 14.1. The summed E-state index contributed by atoms with van der Waals surface area (Å²) < 4.78 is 15.9. The van der Waals surface area contributed by atoms with Gasteiger partial charge in [0.2, 0.25) is 0 Å². The van der Waals surface area contributed by atoms with Crippen molar-refractivity contribution in [2.24, 2.45) is 0 Å². The van der Waals surface area contributed by atoms with Gasteiger partial charge < -0.3 is 5.32 Å². The zero-order chi connectivity index (χ0) is 14.0. The van der Waals surface area contributed by atoms with Gasteiger partial charge in [0.05, 0.1) is 5.69 Å². The number of aromatic nitrogens is 2. The molecule has 0 aliphatic carbocycles. The van der Waals surface area contributed by atoms with Crippen LogP contribution in [0.2, 0.25) is 0 Å². The van der Waals surface area contributed by atoms with Crippen molar-refractivity contribution in [1.82, 2.24) is 15.1 Å². The minimum atomic E-state index is -0.203. The SMILES string of the molecule is CCn1cc(-c2cc(C(C)NC)ccc2F)c(C)n1. The van der Waals surface area contributed by atoms with Crippen LogP contribution >= 0.6 is 0 Å². The molecule has 0 spiro atoms. The Morgan fingerprint density at radius 1 is 1.37 bits per heavy atom. The molecule has 2 rings (SSSR count). The van der Waals surface area contributed by atoms with Gasteiger partial charge in [-0.25, -0.2) is 4.39 Å². The molecule has 0 saturated heterocycles. The fourth-order valence-electron chi connectivity index (χ4n) is 2.13. The molecule has 1 atom stereocenters. The van der Waals surface area contributed by atoms with Crippen LogP contribution in [0.1, 0.15) is 31.1 Å². The maximum absolute atomic E-state index is 14.1. The third kappa shape index (κ3) is 2.68. The molecule has 0 radical (unpaired) electrons. The molecule has 3 nitrogen and oxygen atoms in total. The lowest BCUT2D eigenvalue weighted by molar-refractivity contribution is 0.622. The van der Waals surface area contributed by atoms with Crippen molar-refractivity contribution in [1.29, 1.82) is 0 Å². The van der Waals surface area contributed by atoms with E-state index in [1.165, 1.54) is 6.07 Å². The average molecular weight is 261 g/mol. The maximum Gasteiger partial charge on any atom is 0.131 e. The van der Waals surface area contributed by atoms with Crippen molar-refractivity contribution in [3.63, 3.8) is 0 Å². The Kier molecular flexibility index (Phi) is 4.00. The van der Waals surface area contributed by atoms with E-state index in [0.29, 0.717) is 5.56 Å². The molecule has 1 heterocycles. The number of aryl methyl sites for hydroxylation is 2. The summed E-state index contributed by atoms with van der Waals surface area (Å²) in [6.45, 7) is 6.77. The van der Waals surface area contributed by atoms with Crippen LogP contribution in [-0.4, -0.2) is 16.8 Å². The van der Waals surface area contributed by atoms with Crippen molar-refractivity contribution >= 4 is 0 Å². The van der Waals surface area contributed by atoms with E-state index in [1.807, 2.05) is 43.9 Å². The van der Waals surface area contributed by atoms with Gasteiger partial charge in [-0.1, -0.05) is 6.07 Å². The molecule has 0 saturated carbocycles. The first-order valence-electron chi connectivity index (χ1n) is 6.58. The highest BCUT2D eigenvalue weighted by Gasteiger charge is 2.13. The van der Waals surface area contributed by atoms with E-state index in [2.05, 4.69) is 17.3 Å². The number of nitrogens with one attached hydrogen (secondary N) is 1. The second-order valence-corrected chi connectivity index (χ2v) is 4.73. The Morgan fingerprint density at radius 2 is 2.11 bits per heavy atom. The van der Waals surface area contributed by atoms with E-state index in [1.54, 1.807) is 0 Å². The van der Waals surface area contributed by atoms with Gasteiger partial charge in [0.25, 0.3) is 0 Å². The topological polar surface area (TPSA) is 29.9 Å². The number of hydrogen-bond acceptors (Lipinski definition) is 2. The smallest absolute Gasteiger partial charge is 0.131 e. The first-order valence-corrected chi connectivity index (χ1v) is 6.58. The first kappa shape index (κ1) is 13.7. The summed E-state index contributed by atoms with van der Waals surface area (Å²) in [6.07, 6.45) is 1.90. The van der Waals surface area contributed by atoms with Crippen molar-refractivity contribution < 1.29 is 4.39 Å². The molecular formula is C15H20FN3. The molecule has 0 fully saturated rings. The molecule has 2 aromatic rings. The van der Waals surface area contributed by atoms with E-state index >= 15 is 0 Å².